The lowest BCUT2D eigenvalue weighted by molar-refractivity contribution is 0.550. The zero-order valence-electron chi connectivity index (χ0n) is 9.37. The predicted octanol–water partition coefficient (Wildman–Crippen LogP) is 2.18. The SMILES string of the molecule is CC(C1CC1)N(C)c1nc(N)c(F)cc1F. The number of halogens is 2. The van der Waals surface area contributed by atoms with Crippen LogP contribution in [0.2, 0.25) is 0 Å². The maximum atomic E-state index is 13.5. The summed E-state index contributed by atoms with van der Waals surface area (Å²) in [5.41, 5.74) is 5.34. The van der Waals surface area contributed by atoms with Crippen LogP contribution in [-0.2, 0) is 0 Å². The van der Waals surface area contributed by atoms with Gasteiger partial charge in [-0.1, -0.05) is 0 Å². The lowest BCUT2D eigenvalue weighted by Crippen LogP contribution is -2.32. The van der Waals surface area contributed by atoms with E-state index < -0.39 is 11.6 Å². The van der Waals surface area contributed by atoms with Crippen molar-refractivity contribution in [2.75, 3.05) is 17.7 Å². The van der Waals surface area contributed by atoms with Crippen LogP contribution in [0.15, 0.2) is 6.07 Å². The maximum Gasteiger partial charge on any atom is 0.168 e. The lowest BCUT2D eigenvalue weighted by Gasteiger charge is -2.26. The lowest BCUT2D eigenvalue weighted by atomic mass is 10.2. The zero-order chi connectivity index (χ0) is 11.9. The molecule has 1 atom stereocenters. The first-order valence-electron chi connectivity index (χ1n) is 5.35. The third-order valence-corrected chi connectivity index (χ3v) is 3.19. The van der Waals surface area contributed by atoms with Gasteiger partial charge in [-0.2, -0.15) is 0 Å². The van der Waals surface area contributed by atoms with E-state index in [0.29, 0.717) is 5.92 Å². The highest BCUT2D eigenvalue weighted by Crippen LogP contribution is 2.36. The Morgan fingerprint density at radius 2 is 2.06 bits per heavy atom. The quantitative estimate of drug-likeness (QED) is 0.860. The second-order valence-corrected chi connectivity index (χ2v) is 4.35. The minimum Gasteiger partial charge on any atom is -0.381 e. The van der Waals surface area contributed by atoms with Gasteiger partial charge in [0.05, 0.1) is 0 Å². The van der Waals surface area contributed by atoms with Gasteiger partial charge in [0.25, 0.3) is 0 Å². The Labute approximate surface area is 93.3 Å². The molecule has 5 heteroatoms. The number of pyridine rings is 1. The van der Waals surface area contributed by atoms with E-state index in [1.807, 2.05) is 6.92 Å². The van der Waals surface area contributed by atoms with Crippen molar-refractivity contribution < 1.29 is 8.78 Å². The van der Waals surface area contributed by atoms with Crippen LogP contribution in [0.4, 0.5) is 20.4 Å². The van der Waals surface area contributed by atoms with Crippen molar-refractivity contribution in [3.63, 3.8) is 0 Å². The van der Waals surface area contributed by atoms with Crippen molar-refractivity contribution in [3.05, 3.63) is 17.7 Å². The molecule has 0 radical (unpaired) electrons. The molecule has 2 N–H and O–H groups in total. The molecule has 3 nitrogen and oxygen atoms in total. The molecule has 0 spiro atoms. The molecule has 1 unspecified atom stereocenters. The highest BCUT2D eigenvalue weighted by atomic mass is 19.1. The number of anilines is 2. The topological polar surface area (TPSA) is 42.2 Å². The van der Waals surface area contributed by atoms with Gasteiger partial charge < -0.3 is 10.6 Å². The summed E-state index contributed by atoms with van der Waals surface area (Å²) in [7, 11) is 1.76. The summed E-state index contributed by atoms with van der Waals surface area (Å²) in [6.07, 6.45) is 2.31. The molecule has 0 saturated heterocycles. The number of rotatable bonds is 3. The fourth-order valence-corrected chi connectivity index (χ4v) is 1.81. The van der Waals surface area contributed by atoms with Crippen LogP contribution in [-0.4, -0.2) is 18.1 Å². The maximum absolute atomic E-state index is 13.5. The van der Waals surface area contributed by atoms with E-state index >= 15 is 0 Å². The van der Waals surface area contributed by atoms with Crippen LogP contribution in [0.25, 0.3) is 0 Å². The van der Waals surface area contributed by atoms with Gasteiger partial charge in [0, 0.05) is 19.2 Å². The Balaban J connectivity index is 2.28. The smallest absolute Gasteiger partial charge is 0.168 e. The molecular formula is C11H15F2N3. The van der Waals surface area contributed by atoms with Gasteiger partial charge in [0.2, 0.25) is 0 Å². The van der Waals surface area contributed by atoms with Gasteiger partial charge >= 0.3 is 0 Å². The molecule has 1 aliphatic carbocycles. The van der Waals surface area contributed by atoms with Crippen LogP contribution in [0.1, 0.15) is 19.8 Å². The second kappa shape index (κ2) is 3.88. The number of nitrogens with zero attached hydrogens (tertiary/aromatic N) is 2. The molecule has 2 rings (SSSR count). The molecule has 0 aromatic carbocycles. The van der Waals surface area contributed by atoms with E-state index in [1.165, 1.54) is 0 Å². The van der Waals surface area contributed by atoms with Crippen molar-refractivity contribution in [3.8, 4) is 0 Å². The van der Waals surface area contributed by atoms with Crippen LogP contribution < -0.4 is 10.6 Å². The highest BCUT2D eigenvalue weighted by Gasteiger charge is 2.32. The second-order valence-electron chi connectivity index (χ2n) is 4.35. The van der Waals surface area contributed by atoms with Gasteiger partial charge in [-0.05, 0) is 25.7 Å². The number of hydrogen-bond donors (Lipinski definition) is 1. The molecule has 0 bridgehead atoms. The fourth-order valence-electron chi connectivity index (χ4n) is 1.81. The first kappa shape index (κ1) is 11.1. The molecule has 1 aromatic rings. The average Bonchev–Trinajstić information content (AvgIpc) is 3.05. The van der Waals surface area contributed by atoms with Gasteiger partial charge in [0.1, 0.15) is 0 Å². The molecule has 0 amide bonds. The summed E-state index contributed by atoms with van der Waals surface area (Å²) in [5.74, 6) is -1.03. The molecule has 88 valence electrons. The van der Waals surface area contributed by atoms with E-state index in [9.17, 15) is 8.78 Å². The molecule has 1 saturated carbocycles. The summed E-state index contributed by atoms with van der Waals surface area (Å²) in [6.45, 7) is 2.01. The van der Waals surface area contributed by atoms with Gasteiger partial charge in [-0.15, -0.1) is 0 Å². The van der Waals surface area contributed by atoms with E-state index in [4.69, 9.17) is 5.73 Å². The van der Waals surface area contributed by atoms with Crippen molar-refractivity contribution in [1.29, 1.82) is 0 Å². The zero-order valence-corrected chi connectivity index (χ0v) is 9.37. The Morgan fingerprint density at radius 1 is 1.44 bits per heavy atom. The van der Waals surface area contributed by atoms with Crippen LogP contribution in [0.5, 0.6) is 0 Å². The van der Waals surface area contributed by atoms with Gasteiger partial charge in [0.15, 0.2) is 23.3 Å². The minimum absolute atomic E-state index is 0.123. The monoisotopic (exact) mass is 227 g/mol. The first-order chi connectivity index (χ1) is 7.50. The van der Waals surface area contributed by atoms with Crippen molar-refractivity contribution >= 4 is 11.6 Å². The summed E-state index contributed by atoms with van der Waals surface area (Å²) >= 11 is 0. The fraction of sp³-hybridized carbons (Fsp3) is 0.545. The summed E-state index contributed by atoms with van der Waals surface area (Å²) in [5, 5.41) is 0. The number of nitrogen functional groups attached to an aromatic ring is 1. The molecule has 16 heavy (non-hydrogen) atoms. The van der Waals surface area contributed by atoms with E-state index in [1.54, 1.807) is 11.9 Å². The van der Waals surface area contributed by atoms with Gasteiger partial charge in [-0.3, -0.25) is 0 Å². The third kappa shape index (κ3) is 1.94. The Bertz CT molecular complexity index is 404. The van der Waals surface area contributed by atoms with E-state index in [0.717, 1.165) is 18.9 Å². The Kier molecular flexibility index (Phi) is 2.69. The first-order valence-corrected chi connectivity index (χ1v) is 5.35. The third-order valence-electron chi connectivity index (χ3n) is 3.19. The van der Waals surface area contributed by atoms with E-state index in [-0.39, 0.29) is 17.7 Å². The molecule has 1 fully saturated rings. The van der Waals surface area contributed by atoms with E-state index in [2.05, 4.69) is 4.98 Å². The van der Waals surface area contributed by atoms with Crippen LogP contribution >= 0.6 is 0 Å². The number of nitrogens with two attached hydrogens (primary N) is 1. The summed E-state index contributed by atoms with van der Waals surface area (Å²) < 4.78 is 26.5. The summed E-state index contributed by atoms with van der Waals surface area (Å²) in [4.78, 5) is 5.48. The van der Waals surface area contributed by atoms with Crippen LogP contribution in [0.3, 0.4) is 0 Å². The number of hydrogen-bond acceptors (Lipinski definition) is 3. The molecule has 0 aliphatic heterocycles. The summed E-state index contributed by atoms with van der Waals surface area (Å²) in [6, 6.07) is 0.986. The largest absolute Gasteiger partial charge is 0.381 e. The van der Waals surface area contributed by atoms with Crippen molar-refractivity contribution in [2.24, 2.45) is 5.92 Å². The Morgan fingerprint density at radius 3 is 2.62 bits per heavy atom. The number of aromatic nitrogens is 1. The molecule has 1 aromatic heterocycles. The predicted molar refractivity (Wildman–Crippen MR) is 59.2 cm³/mol. The van der Waals surface area contributed by atoms with Crippen molar-refractivity contribution in [1.82, 2.24) is 4.98 Å². The molecular weight excluding hydrogens is 212 g/mol. The normalized spacial score (nSPS) is 17.2. The van der Waals surface area contributed by atoms with Gasteiger partial charge in [-0.25, -0.2) is 13.8 Å². The average molecular weight is 227 g/mol. The Hall–Kier alpha value is -1.39. The molecule has 1 aliphatic rings. The molecule has 1 heterocycles. The van der Waals surface area contributed by atoms with Crippen LogP contribution in [0, 0.1) is 17.6 Å². The van der Waals surface area contributed by atoms with Crippen molar-refractivity contribution in [2.45, 2.75) is 25.8 Å². The minimum atomic E-state index is -0.811. The standard InChI is InChI=1S/C11H15F2N3/c1-6(7-3-4-7)16(2)11-9(13)5-8(12)10(14)15-11/h5-7H,3-4H2,1-2H3,(H2,14,15). The highest BCUT2D eigenvalue weighted by molar-refractivity contribution is 5.47.